The number of carbonyl (C=O) groups is 1. The highest BCUT2D eigenvalue weighted by Gasteiger charge is 2.06. The number of benzene rings is 2. The normalized spacial score (nSPS) is 10.6. The molecule has 0 saturated carbocycles. The van der Waals surface area contributed by atoms with E-state index in [4.69, 9.17) is 10.6 Å². The van der Waals surface area contributed by atoms with Crippen molar-refractivity contribution >= 4 is 28.1 Å². The molecule has 22 heavy (non-hydrogen) atoms. The van der Waals surface area contributed by atoms with E-state index in [1.807, 2.05) is 42.5 Å². The molecule has 0 fully saturated rings. The Morgan fingerprint density at radius 3 is 2.77 bits per heavy atom. The van der Waals surface area contributed by atoms with Crippen LogP contribution in [0.15, 0.2) is 58.1 Å². The van der Waals surface area contributed by atoms with E-state index in [1.54, 1.807) is 6.07 Å². The number of halogens is 1. The predicted molar refractivity (Wildman–Crippen MR) is 89.7 cm³/mol. The molecule has 0 heterocycles. The first-order valence-corrected chi connectivity index (χ1v) is 7.44. The van der Waals surface area contributed by atoms with Crippen molar-refractivity contribution in [1.29, 1.82) is 0 Å². The lowest BCUT2D eigenvalue weighted by Gasteiger charge is -2.10. The Morgan fingerprint density at radius 1 is 1.27 bits per heavy atom. The van der Waals surface area contributed by atoms with Gasteiger partial charge in [0.15, 0.2) is 6.61 Å². The summed E-state index contributed by atoms with van der Waals surface area (Å²) in [5, 5.41) is 6.28. The molecule has 0 aliphatic carbocycles. The number of carbonyl (C=O) groups excluding carboxylic acids is 1. The lowest BCUT2D eigenvalue weighted by Crippen LogP contribution is -2.28. The SMILES string of the molecule is NN=Cc1cc(Br)ccc1OCC(=O)NCc1ccccc1. The molecule has 0 aromatic heterocycles. The zero-order chi connectivity index (χ0) is 15.8. The van der Waals surface area contributed by atoms with Gasteiger partial charge in [-0.2, -0.15) is 5.10 Å². The molecule has 0 aliphatic heterocycles. The minimum absolute atomic E-state index is 0.0696. The number of hydrogen-bond donors (Lipinski definition) is 2. The third kappa shape index (κ3) is 4.89. The van der Waals surface area contributed by atoms with Crippen LogP contribution in [0.3, 0.4) is 0 Å². The maximum Gasteiger partial charge on any atom is 0.258 e. The molecule has 5 nitrogen and oxygen atoms in total. The molecule has 0 aliphatic rings. The number of nitrogens with zero attached hydrogens (tertiary/aromatic N) is 1. The van der Waals surface area contributed by atoms with Crippen LogP contribution in [-0.2, 0) is 11.3 Å². The van der Waals surface area contributed by atoms with Crippen LogP contribution >= 0.6 is 15.9 Å². The van der Waals surface area contributed by atoms with Crippen LogP contribution in [0.5, 0.6) is 5.75 Å². The summed E-state index contributed by atoms with van der Waals surface area (Å²) in [5.74, 6) is 5.52. The van der Waals surface area contributed by atoms with Gasteiger partial charge >= 0.3 is 0 Å². The fourth-order valence-electron chi connectivity index (χ4n) is 1.82. The summed E-state index contributed by atoms with van der Waals surface area (Å²) in [5.41, 5.74) is 1.74. The third-order valence-electron chi connectivity index (χ3n) is 2.88. The zero-order valence-corrected chi connectivity index (χ0v) is 13.4. The molecule has 3 N–H and O–H groups in total. The van der Waals surface area contributed by atoms with E-state index in [9.17, 15) is 4.79 Å². The van der Waals surface area contributed by atoms with Crippen molar-refractivity contribution in [3.8, 4) is 5.75 Å². The van der Waals surface area contributed by atoms with Gasteiger partial charge < -0.3 is 15.9 Å². The summed E-state index contributed by atoms with van der Waals surface area (Å²) in [6.07, 6.45) is 1.47. The van der Waals surface area contributed by atoms with Crippen LogP contribution in [0.25, 0.3) is 0 Å². The molecule has 0 saturated heterocycles. The summed E-state index contributed by atoms with van der Waals surface area (Å²) in [6.45, 7) is 0.403. The van der Waals surface area contributed by atoms with Gasteiger partial charge in [0, 0.05) is 16.6 Å². The lowest BCUT2D eigenvalue weighted by atomic mass is 10.2. The Labute approximate surface area is 137 Å². The van der Waals surface area contributed by atoms with Gasteiger partial charge in [0.25, 0.3) is 5.91 Å². The van der Waals surface area contributed by atoms with Crippen molar-refractivity contribution in [1.82, 2.24) is 5.32 Å². The van der Waals surface area contributed by atoms with Crippen LogP contribution in [0.1, 0.15) is 11.1 Å². The van der Waals surface area contributed by atoms with Gasteiger partial charge in [0.1, 0.15) is 5.75 Å². The van der Waals surface area contributed by atoms with Crippen LogP contribution < -0.4 is 15.9 Å². The molecule has 0 unspecified atom stereocenters. The molecule has 1 amide bonds. The Morgan fingerprint density at radius 2 is 2.05 bits per heavy atom. The molecule has 0 bridgehead atoms. The molecule has 6 heteroatoms. The monoisotopic (exact) mass is 361 g/mol. The van der Waals surface area contributed by atoms with Crippen molar-refractivity contribution in [2.75, 3.05) is 6.61 Å². The Bertz CT molecular complexity index is 660. The maximum absolute atomic E-state index is 11.8. The first-order valence-electron chi connectivity index (χ1n) is 6.65. The van der Waals surface area contributed by atoms with Gasteiger partial charge in [-0.15, -0.1) is 0 Å². The standard InChI is InChI=1S/C16H16BrN3O2/c17-14-6-7-15(13(8-14)10-20-18)22-11-16(21)19-9-12-4-2-1-3-5-12/h1-8,10H,9,11,18H2,(H,19,21). The van der Waals surface area contributed by atoms with E-state index in [2.05, 4.69) is 26.3 Å². The second-order valence-electron chi connectivity index (χ2n) is 4.51. The van der Waals surface area contributed by atoms with E-state index < -0.39 is 0 Å². The molecule has 2 aromatic rings. The highest BCUT2D eigenvalue weighted by atomic mass is 79.9. The number of nitrogens with two attached hydrogens (primary N) is 1. The molecule has 0 radical (unpaired) electrons. The number of ether oxygens (including phenoxy) is 1. The minimum Gasteiger partial charge on any atom is -0.483 e. The number of hydrazone groups is 1. The van der Waals surface area contributed by atoms with Crippen LogP contribution in [0.4, 0.5) is 0 Å². The predicted octanol–water partition coefficient (Wildman–Crippen LogP) is 2.44. The fourth-order valence-corrected chi connectivity index (χ4v) is 2.20. The molecule has 0 atom stereocenters. The molecule has 114 valence electrons. The lowest BCUT2D eigenvalue weighted by molar-refractivity contribution is -0.123. The Balaban J connectivity index is 1.88. The van der Waals surface area contributed by atoms with E-state index in [-0.39, 0.29) is 12.5 Å². The van der Waals surface area contributed by atoms with Gasteiger partial charge in [-0.3, -0.25) is 4.79 Å². The van der Waals surface area contributed by atoms with Crippen LogP contribution in [0, 0.1) is 0 Å². The van der Waals surface area contributed by atoms with Crippen LogP contribution in [-0.4, -0.2) is 18.7 Å². The van der Waals surface area contributed by atoms with Crippen molar-refractivity contribution in [3.63, 3.8) is 0 Å². The van der Waals surface area contributed by atoms with Gasteiger partial charge in [-0.25, -0.2) is 0 Å². The van der Waals surface area contributed by atoms with Gasteiger partial charge in [-0.1, -0.05) is 46.3 Å². The number of rotatable bonds is 6. The summed E-state index contributed by atoms with van der Waals surface area (Å²) in [6, 6.07) is 15.1. The highest BCUT2D eigenvalue weighted by Crippen LogP contribution is 2.21. The van der Waals surface area contributed by atoms with Crippen molar-refractivity contribution in [2.24, 2.45) is 10.9 Å². The van der Waals surface area contributed by atoms with Gasteiger partial charge in [0.2, 0.25) is 0 Å². The summed E-state index contributed by atoms with van der Waals surface area (Å²) >= 11 is 3.36. The van der Waals surface area contributed by atoms with E-state index in [0.29, 0.717) is 17.9 Å². The first kappa shape index (κ1) is 16.0. The fraction of sp³-hybridized carbons (Fsp3) is 0.125. The molecular formula is C16H16BrN3O2. The summed E-state index contributed by atoms with van der Waals surface area (Å²) < 4.78 is 6.39. The summed E-state index contributed by atoms with van der Waals surface area (Å²) in [4.78, 5) is 11.8. The zero-order valence-electron chi connectivity index (χ0n) is 11.8. The average Bonchev–Trinajstić information content (AvgIpc) is 2.53. The van der Waals surface area contributed by atoms with Gasteiger partial charge in [-0.05, 0) is 23.8 Å². The quantitative estimate of drug-likeness (QED) is 0.471. The molecule has 2 rings (SSSR count). The van der Waals surface area contributed by atoms with Crippen LogP contribution in [0.2, 0.25) is 0 Å². The summed E-state index contributed by atoms with van der Waals surface area (Å²) in [7, 11) is 0. The van der Waals surface area contributed by atoms with Gasteiger partial charge in [0.05, 0.1) is 6.21 Å². The Kier molecular flexibility index (Phi) is 5.97. The second kappa shape index (κ2) is 8.19. The largest absolute Gasteiger partial charge is 0.483 e. The smallest absolute Gasteiger partial charge is 0.258 e. The first-order chi connectivity index (χ1) is 10.7. The topological polar surface area (TPSA) is 76.7 Å². The number of nitrogens with one attached hydrogen (secondary N) is 1. The Hall–Kier alpha value is -2.34. The van der Waals surface area contributed by atoms with E-state index >= 15 is 0 Å². The van der Waals surface area contributed by atoms with E-state index in [0.717, 1.165) is 10.0 Å². The molecular weight excluding hydrogens is 346 g/mol. The minimum atomic E-state index is -0.192. The molecule has 2 aromatic carbocycles. The maximum atomic E-state index is 11.8. The number of amides is 1. The molecule has 0 spiro atoms. The third-order valence-corrected chi connectivity index (χ3v) is 3.37. The van der Waals surface area contributed by atoms with Crippen molar-refractivity contribution in [3.05, 3.63) is 64.1 Å². The van der Waals surface area contributed by atoms with Crippen molar-refractivity contribution < 1.29 is 9.53 Å². The number of hydrogen-bond acceptors (Lipinski definition) is 4. The highest BCUT2D eigenvalue weighted by molar-refractivity contribution is 9.10. The second-order valence-corrected chi connectivity index (χ2v) is 5.43. The van der Waals surface area contributed by atoms with Crippen molar-refractivity contribution in [2.45, 2.75) is 6.54 Å². The average molecular weight is 362 g/mol. The van der Waals surface area contributed by atoms with E-state index in [1.165, 1.54) is 6.21 Å².